The van der Waals surface area contributed by atoms with Crippen LogP contribution >= 0.6 is 15.9 Å². The Morgan fingerprint density at radius 2 is 2.14 bits per heavy atom. The van der Waals surface area contributed by atoms with Crippen LogP contribution in [0.15, 0.2) is 28.2 Å². The molecule has 1 aromatic rings. The minimum atomic E-state index is -0.680. The van der Waals surface area contributed by atoms with Gasteiger partial charge in [0.05, 0.1) is 13.2 Å². The molecule has 1 aromatic carbocycles. The lowest BCUT2D eigenvalue weighted by molar-refractivity contribution is -0.139. The molecule has 0 unspecified atom stereocenters. The van der Waals surface area contributed by atoms with E-state index in [1.165, 1.54) is 13.2 Å². The second-order valence-electron chi connectivity index (χ2n) is 4.33. The second kappa shape index (κ2) is 9.98. The van der Waals surface area contributed by atoms with E-state index in [-0.39, 0.29) is 18.8 Å². The Morgan fingerprint density at radius 1 is 1.36 bits per heavy atom. The zero-order chi connectivity index (χ0) is 16.4. The standard InChI is InChI=1S/C16H18BrNO4/c1-3-6-21-15-5-4-14(17)10-12(15)9-13(11-18)16(19)22-8-7-20-2/h4-5,9-10H,3,6-8H2,1-2H3/b13-9+. The van der Waals surface area contributed by atoms with Gasteiger partial charge in [-0.25, -0.2) is 4.79 Å². The molecular weight excluding hydrogens is 350 g/mol. The smallest absolute Gasteiger partial charge is 0.348 e. The number of esters is 1. The quantitative estimate of drug-likeness (QED) is 0.305. The largest absolute Gasteiger partial charge is 0.493 e. The summed E-state index contributed by atoms with van der Waals surface area (Å²) in [6.07, 6.45) is 2.33. The molecule has 0 spiro atoms. The Labute approximate surface area is 138 Å². The first-order chi connectivity index (χ1) is 10.6. The van der Waals surface area contributed by atoms with E-state index in [2.05, 4.69) is 15.9 Å². The highest BCUT2D eigenvalue weighted by atomic mass is 79.9. The van der Waals surface area contributed by atoms with Crippen LogP contribution in [-0.2, 0) is 14.3 Å². The van der Waals surface area contributed by atoms with E-state index in [9.17, 15) is 4.79 Å². The fraction of sp³-hybridized carbons (Fsp3) is 0.375. The third-order valence-corrected chi connectivity index (χ3v) is 3.09. The topological polar surface area (TPSA) is 68.5 Å². The van der Waals surface area contributed by atoms with Crippen molar-refractivity contribution in [3.8, 4) is 11.8 Å². The molecule has 6 heteroatoms. The van der Waals surface area contributed by atoms with Crippen LogP contribution < -0.4 is 4.74 Å². The van der Waals surface area contributed by atoms with E-state index in [0.29, 0.717) is 17.9 Å². The van der Waals surface area contributed by atoms with Gasteiger partial charge in [-0.2, -0.15) is 5.26 Å². The molecular formula is C16H18BrNO4. The molecule has 0 atom stereocenters. The molecule has 0 heterocycles. The molecule has 118 valence electrons. The number of hydrogen-bond donors (Lipinski definition) is 0. The molecule has 0 aliphatic rings. The van der Waals surface area contributed by atoms with Gasteiger partial charge in [0.25, 0.3) is 0 Å². The third-order valence-electron chi connectivity index (χ3n) is 2.59. The lowest BCUT2D eigenvalue weighted by atomic mass is 10.1. The summed E-state index contributed by atoms with van der Waals surface area (Å²) in [5.41, 5.74) is 0.554. The number of nitrogens with zero attached hydrogens (tertiary/aromatic N) is 1. The number of rotatable bonds is 8. The van der Waals surface area contributed by atoms with Gasteiger partial charge in [-0.1, -0.05) is 22.9 Å². The summed E-state index contributed by atoms with van der Waals surface area (Å²) < 4.78 is 16.2. The lowest BCUT2D eigenvalue weighted by Crippen LogP contribution is -2.11. The molecule has 1 rings (SSSR count). The first-order valence-electron chi connectivity index (χ1n) is 6.82. The number of carbonyl (C=O) groups excluding carboxylic acids is 1. The fourth-order valence-electron chi connectivity index (χ4n) is 1.56. The molecule has 0 radical (unpaired) electrons. The van der Waals surface area contributed by atoms with E-state index in [0.717, 1.165) is 10.9 Å². The highest BCUT2D eigenvalue weighted by molar-refractivity contribution is 9.10. The number of nitriles is 1. The number of halogens is 1. The molecule has 5 nitrogen and oxygen atoms in total. The van der Waals surface area contributed by atoms with Crippen LogP contribution in [-0.4, -0.2) is 32.9 Å². The summed E-state index contributed by atoms with van der Waals surface area (Å²) in [5.74, 6) is -0.0662. The van der Waals surface area contributed by atoms with Gasteiger partial charge < -0.3 is 14.2 Å². The van der Waals surface area contributed by atoms with Crippen molar-refractivity contribution in [2.24, 2.45) is 0 Å². The molecule has 0 fully saturated rings. The summed E-state index contributed by atoms with van der Waals surface area (Å²) in [5, 5.41) is 9.15. The number of benzene rings is 1. The van der Waals surface area contributed by atoms with Gasteiger partial charge in [0, 0.05) is 17.1 Å². The molecule has 0 saturated carbocycles. The van der Waals surface area contributed by atoms with Gasteiger partial charge in [0.1, 0.15) is 24.0 Å². The molecule has 0 aromatic heterocycles. The Hall–Kier alpha value is -1.84. The average Bonchev–Trinajstić information content (AvgIpc) is 2.51. The number of carbonyl (C=O) groups is 1. The predicted octanol–water partition coefficient (Wildman–Crippen LogP) is 3.33. The Morgan fingerprint density at radius 3 is 2.77 bits per heavy atom. The molecule has 0 aliphatic carbocycles. The van der Waals surface area contributed by atoms with Crippen molar-refractivity contribution < 1.29 is 19.0 Å². The predicted molar refractivity (Wildman–Crippen MR) is 86.4 cm³/mol. The number of methoxy groups -OCH3 is 1. The molecule has 0 N–H and O–H groups in total. The summed E-state index contributed by atoms with van der Waals surface area (Å²) in [6.45, 7) is 2.95. The van der Waals surface area contributed by atoms with Crippen LogP contribution in [0.25, 0.3) is 6.08 Å². The van der Waals surface area contributed by atoms with Crippen molar-refractivity contribution in [2.75, 3.05) is 26.9 Å². The van der Waals surface area contributed by atoms with E-state index < -0.39 is 5.97 Å². The minimum absolute atomic E-state index is 0.0875. The van der Waals surface area contributed by atoms with Crippen LogP contribution in [0.5, 0.6) is 5.75 Å². The van der Waals surface area contributed by atoms with E-state index in [4.69, 9.17) is 19.5 Å². The van der Waals surface area contributed by atoms with E-state index >= 15 is 0 Å². The van der Waals surface area contributed by atoms with Crippen LogP contribution in [0.3, 0.4) is 0 Å². The maximum absolute atomic E-state index is 11.8. The van der Waals surface area contributed by atoms with Gasteiger partial charge in [-0.3, -0.25) is 0 Å². The molecule has 22 heavy (non-hydrogen) atoms. The Bertz CT molecular complexity index is 578. The van der Waals surface area contributed by atoms with Crippen molar-refractivity contribution in [1.29, 1.82) is 5.26 Å². The molecule has 0 saturated heterocycles. The van der Waals surface area contributed by atoms with E-state index in [1.807, 2.05) is 19.1 Å². The first-order valence-corrected chi connectivity index (χ1v) is 7.61. The monoisotopic (exact) mass is 367 g/mol. The van der Waals surface area contributed by atoms with Gasteiger partial charge in [0.15, 0.2) is 0 Å². The summed E-state index contributed by atoms with van der Waals surface area (Å²) >= 11 is 3.36. The van der Waals surface area contributed by atoms with Crippen LogP contribution in [0.2, 0.25) is 0 Å². The zero-order valence-electron chi connectivity index (χ0n) is 12.6. The van der Waals surface area contributed by atoms with Crippen molar-refractivity contribution in [1.82, 2.24) is 0 Å². The van der Waals surface area contributed by atoms with Crippen LogP contribution in [0.1, 0.15) is 18.9 Å². The maximum atomic E-state index is 11.8. The van der Waals surface area contributed by atoms with Gasteiger partial charge in [0.2, 0.25) is 0 Å². The van der Waals surface area contributed by atoms with E-state index in [1.54, 1.807) is 12.1 Å². The fourth-order valence-corrected chi connectivity index (χ4v) is 1.94. The van der Waals surface area contributed by atoms with Crippen molar-refractivity contribution in [3.63, 3.8) is 0 Å². The summed E-state index contributed by atoms with van der Waals surface area (Å²) in [6, 6.07) is 7.26. The SMILES string of the molecule is CCCOc1ccc(Br)cc1/C=C(\C#N)C(=O)OCCOC. The zero-order valence-corrected chi connectivity index (χ0v) is 14.2. The van der Waals surface area contributed by atoms with Crippen molar-refractivity contribution in [2.45, 2.75) is 13.3 Å². The number of ether oxygens (including phenoxy) is 3. The van der Waals surface area contributed by atoms with Gasteiger partial charge in [-0.05, 0) is 30.7 Å². The van der Waals surface area contributed by atoms with Gasteiger partial charge >= 0.3 is 5.97 Å². The molecule has 0 aliphatic heterocycles. The first kappa shape index (κ1) is 18.2. The third kappa shape index (κ3) is 5.88. The maximum Gasteiger partial charge on any atom is 0.348 e. The Balaban J connectivity index is 2.98. The van der Waals surface area contributed by atoms with Crippen molar-refractivity contribution in [3.05, 3.63) is 33.8 Å². The highest BCUT2D eigenvalue weighted by Gasteiger charge is 2.12. The van der Waals surface area contributed by atoms with Gasteiger partial charge in [-0.15, -0.1) is 0 Å². The van der Waals surface area contributed by atoms with Crippen LogP contribution in [0, 0.1) is 11.3 Å². The average molecular weight is 368 g/mol. The lowest BCUT2D eigenvalue weighted by Gasteiger charge is -2.09. The summed E-state index contributed by atoms with van der Waals surface area (Å²) in [4.78, 5) is 11.8. The number of hydrogen-bond acceptors (Lipinski definition) is 5. The Kier molecular flexibility index (Phi) is 8.26. The highest BCUT2D eigenvalue weighted by Crippen LogP contribution is 2.26. The minimum Gasteiger partial charge on any atom is -0.493 e. The molecule has 0 amide bonds. The van der Waals surface area contributed by atoms with Crippen molar-refractivity contribution >= 4 is 28.0 Å². The van der Waals surface area contributed by atoms with Crippen LogP contribution in [0.4, 0.5) is 0 Å². The normalized spacial score (nSPS) is 10.9. The summed E-state index contributed by atoms with van der Waals surface area (Å²) in [7, 11) is 1.51. The molecule has 0 bridgehead atoms. The second-order valence-corrected chi connectivity index (χ2v) is 5.24.